The summed E-state index contributed by atoms with van der Waals surface area (Å²) in [6, 6.07) is 14.6. The first kappa shape index (κ1) is 38.9. The van der Waals surface area contributed by atoms with Gasteiger partial charge in [-0.2, -0.15) is 18.2 Å². The van der Waals surface area contributed by atoms with Crippen LogP contribution in [-0.4, -0.2) is 76.2 Å². The number of aromatic nitrogens is 3. The van der Waals surface area contributed by atoms with Gasteiger partial charge in [0.1, 0.15) is 5.69 Å². The lowest BCUT2D eigenvalue weighted by Crippen LogP contribution is -2.35. The number of methoxy groups -OCH3 is 2. The first-order chi connectivity index (χ1) is 27.4. The summed E-state index contributed by atoms with van der Waals surface area (Å²) < 4.78 is 55.1. The molecule has 4 aliphatic rings. The molecular weight excluding hydrogens is 763 g/mol. The number of nitrogens with one attached hydrogen (secondary N) is 3. The van der Waals surface area contributed by atoms with E-state index in [9.17, 15) is 27.9 Å². The molecular formula is C41H43ClF3N7O5. The molecule has 4 heterocycles. The van der Waals surface area contributed by atoms with Gasteiger partial charge in [-0.15, -0.1) is 0 Å². The van der Waals surface area contributed by atoms with Crippen LogP contribution in [0.1, 0.15) is 66.2 Å². The molecule has 12 nitrogen and oxygen atoms in total. The van der Waals surface area contributed by atoms with E-state index in [1.165, 1.54) is 7.11 Å². The number of carbonyl (C=O) groups excluding carboxylic acids is 1. The van der Waals surface area contributed by atoms with Gasteiger partial charge in [0.2, 0.25) is 17.7 Å². The molecule has 2 aromatic heterocycles. The average molecular weight is 806 g/mol. The van der Waals surface area contributed by atoms with Crippen molar-refractivity contribution in [1.29, 1.82) is 0 Å². The van der Waals surface area contributed by atoms with Gasteiger partial charge in [-0.1, -0.05) is 54.1 Å². The molecule has 2 aliphatic carbocycles. The normalized spacial score (nSPS) is 22.8. The Balaban J connectivity index is 1.03. The van der Waals surface area contributed by atoms with Crippen LogP contribution >= 0.6 is 11.6 Å². The predicted octanol–water partition coefficient (Wildman–Crippen LogP) is 6.66. The third-order valence-corrected chi connectivity index (χ3v) is 12.2. The lowest BCUT2D eigenvalue weighted by molar-refractivity contribution is -0.143. The Morgan fingerprint density at radius 1 is 0.965 bits per heavy atom. The van der Waals surface area contributed by atoms with Crippen LogP contribution in [0.15, 0.2) is 48.5 Å². The molecule has 5 atom stereocenters. The second kappa shape index (κ2) is 15.7. The number of hydrogen-bond donors (Lipinski definition) is 4. The quantitative estimate of drug-likeness (QED) is 0.115. The number of carboxylic acids is 1. The summed E-state index contributed by atoms with van der Waals surface area (Å²) >= 11 is 7.14. The van der Waals surface area contributed by atoms with Gasteiger partial charge >= 0.3 is 12.1 Å². The number of aliphatic carboxylic acids is 1. The number of alkyl halides is 3. The van der Waals surface area contributed by atoms with Gasteiger partial charge in [0, 0.05) is 61.4 Å². The van der Waals surface area contributed by atoms with Crippen LogP contribution in [-0.2, 0) is 35.3 Å². The molecule has 0 unspecified atom stereocenters. The maximum absolute atomic E-state index is 14.6. The number of carbonyl (C=O) groups is 2. The van der Waals surface area contributed by atoms with E-state index in [1.54, 1.807) is 7.11 Å². The van der Waals surface area contributed by atoms with Gasteiger partial charge in [0.15, 0.2) is 11.5 Å². The maximum atomic E-state index is 14.6. The van der Waals surface area contributed by atoms with E-state index >= 15 is 0 Å². The predicted molar refractivity (Wildman–Crippen MR) is 206 cm³/mol. The van der Waals surface area contributed by atoms with E-state index in [0.29, 0.717) is 67.5 Å². The van der Waals surface area contributed by atoms with E-state index in [4.69, 9.17) is 26.1 Å². The number of hydrogen-bond acceptors (Lipinski definition) is 10. The lowest BCUT2D eigenvalue weighted by atomic mass is 9.94. The van der Waals surface area contributed by atoms with Crippen LogP contribution in [0.3, 0.4) is 0 Å². The van der Waals surface area contributed by atoms with E-state index < -0.39 is 35.6 Å². The maximum Gasteiger partial charge on any atom is 0.437 e. The molecule has 2 bridgehead atoms. The average Bonchev–Trinajstić information content (AvgIpc) is 3.99. The van der Waals surface area contributed by atoms with E-state index in [0.717, 1.165) is 40.7 Å². The van der Waals surface area contributed by atoms with Crippen molar-refractivity contribution in [2.24, 2.45) is 11.8 Å². The Morgan fingerprint density at radius 2 is 1.74 bits per heavy atom. The summed E-state index contributed by atoms with van der Waals surface area (Å²) in [4.78, 5) is 38.5. The molecule has 4 aromatic rings. The number of fused-ring (bicyclic) bond motifs is 3. The van der Waals surface area contributed by atoms with Crippen molar-refractivity contribution in [3.8, 4) is 34.1 Å². The second-order valence-corrected chi connectivity index (χ2v) is 15.5. The zero-order chi connectivity index (χ0) is 40.0. The first-order valence-electron chi connectivity index (χ1n) is 19.1. The van der Waals surface area contributed by atoms with Crippen molar-refractivity contribution in [3.63, 3.8) is 0 Å². The molecule has 2 aromatic carbocycles. The van der Waals surface area contributed by atoms with E-state index in [2.05, 4.69) is 25.9 Å². The van der Waals surface area contributed by atoms with E-state index in [1.807, 2.05) is 53.4 Å². The molecule has 300 valence electrons. The molecule has 57 heavy (non-hydrogen) atoms. The number of likely N-dealkylation sites (tertiary alicyclic amines) is 1. The third kappa shape index (κ3) is 7.60. The first-order valence-corrected chi connectivity index (χ1v) is 19.5. The van der Waals surface area contributed by atoms with Crippen LogP contribution < -0.4 is 25.4 Å². The minimum atomic E-state index is -4.82. The van der Waals surface area contributed by atoms with Gasteiger partial charge in [0.05, 0.1) is 36.9 Å². The highest BCUT2D eigenvalue weighted by Crippen LogP contribution is 2.46. The number of pyridine rings is 1. The minimum absolute atomic E-state index is 0.00589. The summed E-state index contributed by atoms with van der Waals surface area (Å²) in [6.07, 6.45) is -0.949. The molecule has 0 radical (unpaired) electrons. The Hall–Kier alpha value is -4.99. The molecule has 2 saturated heterocycles. The van der Waals surface area contributed by atoms with Crippen molar-refractivity contribution in [2.45, 2.75) is 75.9 Å². The standard InChI is InChI=1S/C41H43ClF3N7O5/c1-56-38-21(17-46-18-23-11-16-33(53)47-23)9-13-30(50-38)28-8-4-7-27(35(28)42)24-5-3-6-26-25(24)12-14-29(26)49-37-36(41(43,44)45)48-31(39(51-37)57-2)20-52-19-22-10-15-32(52)34(22)40(54)55/h3-9,13,22-23,29,32,34,46H,10-12,14-20H2,1-2H3,(H,47,53)(H,49,51)(H,54,55)/t22-,23-,29-,32-,34+/m0/s1. The summed E-state index contributed by atoms with van der Waals surface area (Å²) in [6.45, 7) is 1.62. The van der Waals surface area contributed by atoms with Crippen molar-refractivity contribution in [1.82, 2.24) is 30.5 Å². The van der Waals surface area contributed by atoms with Crippen LogP contribution in [0, 0.1) is 11.8 Å². The molecule has 8 rings (SSSR count). The fourth-order valence-electron chi connectivity index (χ4n) is 9.17. The number of anilines is 1. The Kier molecular flexibility index (Phi) is 10.7. The largest absolute Gasteiger partial charge is 0.481 e. The summed E-state index contributed by atoms with van der Waals surface area (Å²) in [5, 5.41) is 19.6. The van der Waals surface area contributed by atoms with Gasteiger partial charge < -0.3 is 30.5 Å². The molecule has 1 amide bonds. The zero-order valence-corrected chi connectivity index (χ0v) is 32.2. The van der Waals surface area contributed by atoms with Crippen LogP contribution in [0.5, 0.6) is 11.8 Å². The summed E-state index contributed by atoms with van der Waals surface area (Å²) in [5.41, 5.74) is 4.46. The monoisotopic (exact) mass is 805 g/mol. The molecule has 3 fully saturated rings. The van der Waals surface area contributed by atoms with E-state index in [-0.39, 0.29) is 42.0 Å². The van der Waals surface area contributed by atoms with Crippen molar-refractivity contribution in [2.75, 3.05) is 32.6 Å². The highest BCUT2D eigenvalue weighted by atomic mass is 35.5. The Morgan fingerprint density at radius 3 is 2.46 bits per heavy atom. The van der Waals surface area contributed by atoms with Gasteiger partial charge in [-0.05, 0) is 60.8 Å². The Bertz CT molecular complexity index is 2210. The minimum Gasteiger partial charge on any atom is -0.481 e. The summed E-state index contributed by atoms with van der Waals surface area (Å²) in [5.74, 6) is -1.42. The number of amides is 1. The number of nitrogens with zero attached hydrogens (tertiary/aromatic N) is 4. The molecule has 16 heteroatoms. The van der Waals surface area contributed by atoms with Crippen LogP contribution in [0.2, 0.25) is 5.02 Å². The van der Waals surface area contributed by atoms with Gasteiger partial charge in [0.25, 0.3) is 0 Å². The number of ether oxygens (including phenoxy) is 2. The van der Waals surface area contributed by atoms with Gasteiger partial charge in [-0.3, -0.25) is 14.5 Å². The zero-order valence-electron chi connectivity index (χ0n) is 31.5. The lowest BCUT2D eigenvalue weighted by Gasteiger charge is -2.27. The second-order valence-electron chi connectivity index (χ2n) is 15.1. The number of rotatable bonds is 13. The fraction of sp³-hybridized carbons (Fsp3) is 0.439. The Labute approximate surface area is 332 Å². The van der Waals surface area contributed by atoms with Crippen LogP contribution in [0.25, 0.3) is 22.4 Å². The fourth-order valence-corrected chi connectivity index (χ4v) is 9.50. The molecule has 4 N–H and O–H groups in total. The number of benzene rings is 2. The third-order valence-electron chi connectivity index (χ3n) is 11.8. The van der Waals surface area contributed by atoms with Crippen LogP contribution in [0.4, 0.5) is 19.0 Å². The molecule has 1 saturated carbocycles. The van der Waals surface area contributed by atoms with Gasteiger partial charge in [-0.25, -0.2) is 9.97 Å². The number of piperidine rings is 1. The molecule has 0 spiro atoms. The summed E-state index contributed by atoms with van der Waals surface area (Å²) in [7, 11) is 2.90. The highest BCUT2D eigenvalue weighted by Gasteiger charge is 2.51. The van der Waals surface area contributed by atoms with Crippen molar-refractivity contribution >= 4 is 29.3 Å². The SMILES string of the molecule is COc1nc(-c2cccc(-c3cccc4c3CC[C@@H]4Nc3nc(OC)c(CN4C[C@@H]5CC[C@H]4[C@@H]5C(=O)O)nc3C(F)(F)F)c2Cl)ccc1CNC[C@@H]1CCC(=O)N1. The van der Waals surface area contributed by atoms with Crippen molar-refractivity contribution < 1.29 is 37.3 Å². The number of halogens is 4. The number of carboxylic acid groups (broad SMARTS) is 1. The molecule has 2 aliphatic heterocycles. The van der Waals surface area contributed by atoms with Crippen molar-refractivity contribution in [3.05, 3.63) is 81.6 Å². The smallest absolute Gasteiger partial charge is 0.437 e. The highest BCUT2D eigenvalue weighted by molar-refractivity contribution is 6.36. The topological polar surface area (TPSA) is 151 Å².